The van der Waals surface area contributed by atoms with Crippen molar-refractivity contribution in [2.45, 2.75) is 33.9 Å². The minimum Gasteiger partial charge on any atom is -0.461 e. The van der Waals surface area contributed by atoms with Crippen molar-refractivity contribution in [1.82, 2.24) is 14.4 Å². The number of nitrogens with zero attached hydrogens (tertiary/aromatic N) is 2. The molecule has 0 unspecified atom stereocenters. The molecule has 0 radical (unpaired) electrons. The minimum atomic E-state index is -4.60. The lowest BCUT2D eigenvalue weighted by Crippen LogP contribution is -2.12. The van der Waals surface area contributed by atoms with E-state index in [0.717, 1.165) is 22.8 Å². The second kappa shape index (κ2) is 6.90. The van der Waals surface area contributed by atoms with E-state index >= 15 is 0 Å². The molecule has 2 heterocycles. The third-order valence-electron chi connectivity index (χ3n) is 5.47. The summed E-state index contributed by atoms with van der Waals surface area (Å²) in [7, 11) is 0. The minimum absolute atomic E-state index is 0.0267. The fourth-order valence-corrected chi connectivity index (χ4v) is 3.74. The Balaban J connectivity index is 2.15. The Morgan fingerprint density at radius 1 is 1.13 bits per heavy atom. The summed E-state index contributed by atoms with van der Waals surface area (Å²) in [5, 5.41) is 0. The summed E-state index contributed by atoms with van der Waals surface area (Å²) in [6, 6.07) is 7.56. The van der Waals surface area contributed by atoms with Crippen LogP contribution < -0.4 is 0 Å². The molecule has 8 heteroatoms. The highest BCUT2D eigenvalue weighted by Crippen LogP contribution is 2.38. The molecular formula is C22H20F3N3O2. The summed E-state index contributed by atoms with van der Waals surface area (Å²) in [6.07, 6.45) is -4.60. The second-order valence-electron chi connectivity index (χ2n) is 7.19. The van der Waals surface area contributed by atoms with Gasteiger partial charge in [-0.1, -0.05) is 18.2 Å². The van der Waals surface area contributed by atoms with Gasteiger partial charge in [0.25, 0.3) is 0 Å². The number of para-hydroxylation sites is 1. The van der Waals surface area contributed by atoms with Crippen LogP contribution in [-0.2, 0) is 10.9 Å². The van der Waals surface area contributed by atoms with Crippen LogP contribution in [0.15, 0.2) is 30.3 Å². The molecule has 0 aliphatic rings. The second-order valence-corrected chi connectivity index (χ2v) is 7.19. The zero-order valence-electron chi connectivity index (χ0n) is 16.9. The van der Waals surface area contributed by atoms with Crippen molar-refractivity contribution < 1.29 is 22.7 Å². The lowest BCUT2D eigenvalue weighted by molar-refractivity contribution is -0.136. The maximum atomic E-state index is 13.7. The molecule has 1 N–H and O–H groups in total. The molecular weight excluding hydrogens is 395 g/mol. The van der Waals surface area contributed by atoms with Crippen LogP contribution in [0.3, 0.4) is 0 Å². The maximum Gasteiger partial charge on any atom is 0.418 e. The van der Waals surface area contributed by atoms with Gasteiger partial charge in [-0.05, 0) is 56.5 Å². The number of imidazole rings is 2. The molecule has 30 heavy (non-hydrogen) atoms. The van der Waals surface area contributed by atoms with E-state index in [2.05, 4.69) is 9.97 Å². The van der Waals surface area contributed by atoms with Crippen LogP contribution >= 0.6 is 0 Å². The van der Waals surface area contributed by atoms with E-state index in [1.165, 1.54) is 16.5 Å². The van der Waals surface area contributed by atoms with Crippen LogP contribution in [0.4, 0.5) is 13.2 Å². The van der Waals surface area contributed by atoms with Crippen LogP contribution in [0.25, 0.3) is 28.1 Å². The molecule has 0 saturated heterocycles. The van der Waals surface area contributed by atoms with E-state index in [-0.39, 0.29) is 29.1 Å². The van der Waals surface area contributed by atoms with Gasteiger partial charge < -0.3 is 9.72 Å². The average molecular weight is 415 g/mol. The number of hydrogen-bond acceptors (Lipinski definition) is 3. The largest absolute Gasteiger partial charge is 0.461 e. The van der Waals surface area contributed by atoms with E-state index in [4.69, 9.17) is 4.74 Å². The zero-order valence-corrected chi connectivity index (χ0v) is 16.9. The first-order valence-electron chi connectivity index (χ1n) is 9.49. The van der Waals surface area contributed by atoms with Gasteiger partial charge in [-0.15, -0.1) is 0 Å². The lowest BCUT2D eigenvalue weighted by Gasteiger charge is -2.12. The Morgan fingerprint density at radius 3 is 2.53 bits per heavy atom. The Kier molecular flexibility index (Phi) is 4.60. The topological polar surface area (TPSA) is 59.4 Å². The molecule has 0 fully saturated rings. The van der Waals surface area contributed by atoms with Gasteiger partial charge in [0.15, 0.2) is 5.69 Å². The van der Waals surface area contributed by atoms with Crippen LogP contribution in [-0.4, -0.2) is 26.9 Å². The van der Waals surface area contributed by atoms with Gasteiger partial charge in [-0.2, -0.15) is 13.2 Å². The molecule has 0 saturated carbocycles. The van der Waals surface area contributed by atoms with Crippen LogP contribution in [0.5, 0.6) is 0 Å². The van der Waals surface area contributed by atoms with Crippen molar-refractivity contribution in [3.8, 4) is 11.3 Å². The zero-order chi connectivity index (χ0) is 21.8. The van der Waals surface area contributed by atoms with Crippen molar-refractivity contribution in [2.24, 2.45) is 0 Å². The van der Waals surface area contributed by atoms with Crippen molar-refractivity contribution >= 4 is 22.8 Å². The van der Waals surface area contributed by atoms with Crippen LogP contribution in [0, 0.1) is 20.8 Å². The number of H-pyrrole nitrogens is 1. The van der Waals surface area contributed by atoms with Crippen LogP contribution in [0.2, 0.25) is 0 Å². The van der Waals surface area contributed by atoms with Crippen molar-refractivity contribution in [1.29, 1.82) is 0 Å². The quantitative estimate of drug-likeness (QED) is 0.443. The molecule has 2 aromatic heterocycles. The summed E-state index contributed by atoms with van der Waals surface area (Å²) in [6.45, 7) is 7.56. The molecule has 0 aliphatic carbocycles. The average Bonchev–Trinajstić information content (AvgIpc) is 3.21. The summed E-state index contributed by atoms with van der Waals surface area (Å²) in [4.78, 5) is 20.3. The molecule has 0 bridgehead atoms. The number of esters is 1. The Hall–Kier alpha value is -3.29. The molecule has 0 spiro atoms. The van der Waals surface area contributed by atoms with Gasteiger partial charge in [0.1, 0.15) is 5.69 Å². The third kappa shape index (κ3) is 2.94. The Labute approximate surface area is 170 Å². The molecule has 156 valence electrons. The van der Waals surface area contributed by atoms with E-state index in [0.29, 0.717) is 11.3 Å². The highest BCUT2D eigenvalue weighted by Gasteiger charge is 2.36. The SMILES string of the molecule is CCOC(=O)c1c(-c2ccc(C)c(C)c2C)nc2[nH]c3cccc(C(F)(F)F)c3n12. The molecule has 2 aromatic carbocycles. The summed E-state index contributed by atoms with van der Waals surface area (Å²) < 4.78 is 47.6. The predicted octanol–water partition coefficient (Wildman–Crippen LogP) is 5.60. The number of fused-ring (bicyclic) bond motifs is 3. The number of carbonyl (C=O) groups is 1. The number of benzene rings is 2. The molecule has 5 nitrogen and oxygen atoms in total. The first kappa shape index (κ1) is 20.0. The first-order chi connectivity index (χ1) is 14.1. The standard InChI is InChI=1S/C22H20F3N3O2/c1-5-30-20(29)19-17(14-10-9-11(2)12(3)13(14)4)27-21-26-16-8-6-7-15(22(23,24)25)18(16)28(19)21/h6-10H,5H2,1-4H3,(H,26,27). The third-order valence-corrected chi connectivity index (χ3v) is 5.47. The first-order valence-corrected chi connectivity index (χ1v) is 9.49. The normalized spacial score (nSPS) is 12.1. The maximum absolute atomic E-state index is 13.7. The number of nitrogens with one attached hydrogen (secondary N) is 1. The predicted molar refractivity (Wildman–Crippen MR) is 108 cm³/mol. The van der Waals surface area contributed by atoms with Gasteiger partial charge in [0, 0.05) is 5.56 Å². The number of aryl methyl sites for hydroxylation is 1. The van der Waals surface area contributed by atoms with E-state index < -0.39 is 17.7 Å². The smallest absolute Gasteiger partial charge is 0.418 e. The number of alkyl halides is 3. The number of hydrogen-bond donors (Lipinski definition) is 1. The Bertz CT molecular complexity index is 1300. The number of aromatic nitrogens is 3. The van der Waals surface area contributed by atoms with Crippen molar-refractivity contribution in [3.05, 3.63) is 58.3 Å². The van der Waals surface area contributed by atoms with Gasteiger partial charge in [-0.25, -0.2) is 9.78 Å². The summed E-state index contributed by atoms with van der Waals surface area (Å²) in [5.74, 6) is -0.576. The van der Waals surface area contributed by atoms with E-state index in [1.807, 2.05) is 32.9 Å². The van der Waals surface area contributed by atoms with Gasteiger partial charge in [0.2, 0.25) is 5.78 Å². The highest BCUT2D eigenvalue weighted by atomic mass is 19.4. The molecule has 4 aromatic rings. The van der Waals surface area contributed by atoms with Gasteiger partial charge in [0.05, 0.1) is 23.2 Å². The number of aromatic amines is 1. The summed E-state index contributed by atoms with van der Waals surface area (Å²) in [5.41, 5.74) is 3.18. The van der Waals surface area contributed by atoms with Gasteiger partial charge >= 0.3 is 12.1 Å². The molecule has 4 rings (SSSR count). The number of carbonyl (C=O) groups excluding carboxylic acids is 1. The Morgan fingerprint density at radius 2 is 1.87 bits per heavy atom. The van der Waals surface area contributed by atoms with E-state index in [1.54, 1.807) is 6.92 Å². The molecule has 0 amide bonds. The van der Waals surface area contributed by atoms with Gasteiger partial charge in [-0.3, -0.25) is 4.40 Å². The van der Waals surface area contributed by atoms with Crippen molar-refractivity contribution in [2.75, 3.05) is 6.61 Å². The number of ether oxygens (including phenoxy) is 1. The monoisotopic (exact) mass is 415 g/mol. The fraction of sp³-hybridized carbons (Fsp3) is 0.273. The highest BCUT2D eigenvalue weighted by molar-refractivity contribution is 5.99. The molecule has 0 aliphatic heterocycles. The summed E-state index contributed by atoms with van der Waals surface area (Å²) >= 11 is 0. The van der Waals surface area contributed by atoms with Crippen molar-refractivity contribution in [3.63, 3.8) is 0 Å². The number of halogens is 3. The van der Waals surface area contributed by atoms with Crippen LogP contribution in [0.1, 0.15) is 39.7 Å². The molecule has 0 atom stereocenters. The van der Waals surface area contributed by atoms with E-state index in [9.17, 15) is 18.0 Å². The lowest BCUT2D eigenvalue weighted by atomic mass is 9.96. The number of rotatable bonds is 3. The fourth-order valence-electron chi connectivity index (χ4n) is 3.74.